The summed E-state index contributed by atoms with van der Waals surface area (Å²) in [5.74, 6) is 0.816. The van der Waals surface area contributed by atoms with Crippen LogP contribution in [0.1, 0.15) is 37.7 Å². The van der Waals surface area contributed by atoms with Crippen molar-refractivity contribution in [2.45, 2.75) is 50.3 Å². The predicted octanol–water partition coefficient (Wildman–Crippen LogP) is 2.66. The third-order valence-corrected chi connectivity index (χ3v) is 5.00. The monoisotopic (exact) mass is 298 g/mol. The number of H-pyrrole nitrogens is 1. The third-order valence-electron chi connectivity index (χ3n) is 5.00. The second-order valence-electron chi connectivity index (χ2n) is 6.49. The average Bonchev–Trinajstić information content (AvgIpc) is 3.07. The highest BCUT2D eigenvalue weighted by Crippen LogP contribution is 2.42. The number of rotatable bonds is 4. The molecule has 2 aromatic rings. The molecular weight excluding hydrogens is 276 g/mol. The second kappa shape index (κ2) is 5.82. The normalized spacial score (nSPS) is 23.4. The minimum absolute atomic E-state index is 0.214. The van der Waals surface area contributed by atoms with Gasteiger partial charge in [-0.3, -0.25) is 5.10 Å². The minimum Gasteiger partial charge on any atom is -0.375 e. The van der Waals surface area contributed by atoms with Gasteiger partial charge in [-0.15, -0.1) is 0 Å². The van der Waals surface area contributed by atoms with E-state index in [-0.39, 0.29) is 5.60 Å². The van der Waals surface area contributed by atoms with Gasteiger partial charge in [-0.2, -0.15) is 5.10 Å². The van der Waals surface area contributed by atoms with E-state index in [1.807, 2.05) is 0 Å². The molecule has 1 aromatic carbocycles. The number of nitrogens with one attached hydrogen (secondary N) is 2. The van der Waals surface area contributed by atoms with Gasteiger partial charge in [0.05, 0.1) is 5.60 Å². The third kappa shape index (κ3) is 2.78. The molecule has 2 heterocycles. The highest BCUT2D eigenvalue weighted by Gasteiger charge is 2.42. The first-order chi connectivity index (χ1) is 10.8. The Morgan fingerprint density at radius 1 is 1.27 bits per heavy atom. The SMILES string of the molecule is c1n[nH]c(-c2ccc(CNC3CCOC4(CCC4)C3)cc2)n1. The van der Waals surface area contributed by atoms with Crippen LogP contribution < -0.4 is 5.32 Å². The van der Waals surface area contributed by atoms with Gasteiger partial charge in [0, 0.05) is 24.8 Å². The summed E-state index contributed by atoms with van der Waals surface area (Å²) in [6.45, 7) is 1.82. The number of aromatic amines is 1. The Labute approximate surface area is 130 Å². The van der Waals surface area contributed by atoms with E-state index in [2.05, 4.69) is 44.8 Å². The highest BCUT2D eigenvalue weighted by molar-refractivity contribution is 5.54. The lowest BCUT2D eigenvalue weighted by atomic mass is 9.74. The predicted molar refractivity (Wildman–Crippen MR) is 84.2 cm³/mol. The van der Waals surface area contributed by atoms with E-state index in [0.717, 1.165) is 31.0 Å². The fourth-order valence-electron chi connectivity index (χ4n) is 3.51. The topological polar surface area (TPSA) is 62.8 Å². The Kier molecular flexibility index (Phi) is 3.68. The van der Waals surface area contributed by atoms with Gasteiger partial charge in [0.1, 0.15) is 6.33 Å². The number of hydrogen-bond donors (Lipinski definition) is 2. The lowest BCUT2D eigenvalue weighted by Gasteiger charge is -2.47. The van der Waals surface area contributed by atoms with Crippen LogP contribution in [0.4, 0.5) is 0 Å². The van der Waals surface area contributed by atoms with E-state index in [9.17, 15) is 0 Å². The molecule has 4 rings (SSSR count). The Bertz CT molecular complexity index is 604. The number of ether oxygens (including phenoxy) is 1. The summed E-state index contributed by atoms with van der Waals surface area (Å²) in [4.78, 5) is 4.17. The zero-order chi connectivity index (χ0) is 14.8. The van der Waals surface area contributed by atoms with Crippen molar-refractivity contribution in [3.63, 3.8) is 0 Å². The maximum absolute atomic E-state index is 5.98. The molecule has 1 aliphatic carbocycles. The van der Waals surface area contributed by atoms with Gasteiger partial charge < -0.3 is 10.1 Å². The van der Waals surface area contributed by atoms with Gasteiger partial charge in [-0.05, 0) is 37.7 Å². The van der Waals surface area contributed by atoms with Crippen LogP contribution in [-0.2, 0) is 11.3 Å². The molecule has 22 heavy (non-hydrogen) atoms. The zero-order valence-corrected chi connectivity index (χ0v) is 12.7. The van der Waals surface area contributed by atoms with Crippen LogP contribution >= 0.6 is 0 Å². The van der Waals surface area contributed by atoms with Crippen LogP contribution in [-0.4, -0.2) is 33.4 Å². The molecule has 1 saturated heterocycles. The number of hydrogen-bond acceptors (Lipinski definition) is 4. The Morgan fingerprint density at radius 2 is 2.14 bits per heavy atom. The quantitative estimate of drug-likeness (QED) is 0.911. The molecule has 0 bridgehead atoms. The molecule has 0 amide bonds. The molecule has 1 saturated carbocycles. The van der Waals surface area contributed by atoms with Gasteiger partial charge in [-0.1, -0.05) is 24.3 Å². The number of aromatic nitrogens is 3. The molecular formula is C17H22N4O. The Hall–Kier alpha value is -1.72. The molecule has 0 radical (unpaired) electrons. The van der Waals surface area contributed by atoms with E-state index in [0.29, 0.717) is 6.04 Å². The molecule has 5 heteroatoms. The van der Waals surface area contributed by atoms with Gasteiger partial charge in [-0.25, -0.2) is 4.98 Å². The Balaban J connectivity index is 1.33. The van der Waals surface area contributed by atoms with Crippen molar-refractivity contribution < 1.29 is 4.74 Å². The molecule has 1 aromatic heterocycles. The van der Waals surface area contributed by atoms with Crippen molar-refractivity contribution in [3.05, 3.63) is 36.2 Å². The van der Waals surface area contributed by atoms with E-state index in [1.165, 1.54) is 37.6 Å². The van der Waals surface area contributed by atoms with E-state index in [1.54, 1.807) is 0 Å². The lowest BCUT2D eigenvalue weighted by molar-refractivity contribution is -0.135. The average molecular weight is 298 g/mol. The largest absolute Gasteiger partial charge is 0.375 e. The summed E-state index contributed by atoms with van der Waals surface area (Å²) in [7, 11) is 0. The summed E-state index contributed by atoms with van der Waals surface area (Å²) >= 11 is 0. The van der Waals surface area contributed by atoms with Crippen molar-refractivity contribution in [1.82, 2.24) is 20.5 Å². The van der Waals surface area contributed by atoms with Crippen molar-refractivity contribution in [3.8, 4) is 11.4 Å². The Morgan fingerprint density at radius 3 is 2.82 bits per heavy atom. The van der Waals surface area contributed by atoms with Crippen LogP contribution in [0.15, 0.2) is 30.6 Å². The first-order valence-electron chi connectivity index (χ1n) is 8.15. The summed E-state index contributed by atoms with van der Waals surface area (Å²) in [5.41, 5.74) is 2.59. The number of benzene rings is 1. The molecule has 2 fully saturated rings. The minimum atomic E-state index is 0.214. The smallest absolute Gasteiger partial charge is 0.155 e. The van der Waals surface area contributed by atoms with E-state index < -0.39 is 0 Å². The van der Waals surface area contributed by atoms with E-state index in [4.69, 9.17) is 4.74 Å². The molecule has 1 aliphatic heterocycles. The van der Waals surface area contributed by atoms with Gasteiger partial charge in [0.25, 0.3) is 0 Å². The second-order valence-corrected chi connectivity index (χ2v) is 6.49. The molecule has 1 atom stereocenters. The fraction of sp³-hybridized carbons (Fsp3) is 0.529. The highest BCUT2D eigenvalue weighted by atomic mass is 16.5. The molecule has 2 N–H and O–H groups in total. The van der Waals surface area contributed by atoms with Crippen LogP contribution in [0.25, 0.3) is 11.4 Å². The van der Waals surface area contributed by atoms with Crippen LogP contribution in [0.3, 0.4) is 0 Å². The van der Waals surface area contributed by atoms with Crippen molar-refractivity contribution in [2.75, 3.05) is 6.61 Å². The first kappa shape index (κ1) is 13.9. The standard InChI is InChI=1S/C17H22N4O/c1-7-17(8-1)10-15(6-9-22-17)18-11-13-2-4-14(5-3-13)16-19-12-20-21-16/h2-5,12,15,18H,1,6-11H2,(H,19,20,21). The summed E-state index contributed by atoms with van der Waals surface area (Å²) < 4.78 is 5.98. The van der Waals surface area contributed by atoms with Crippen molar-refractivity contribution in [1.29, 1.82) is 0 Å². The molecule has 5 nitrogen and oxygen atoms in total. The van der Waals surface area contributed by atoms with Crippen molar-refractivity contribution >= 4 is 0 Å². The molecule has 1 spiro atoms. The zero-order valence-electron chi connectivity index (χ0n) is 12.7. The number of nitrogens with zero attached hydrogens (tertiary/aromatic N) is 2. The van der Waals surface area contributed by atoms with Gasteiger partial charge in [0.2, 0.25) is 0 Å². The lowest BCUT2D eigenvalue weighted by Crippen LogP contribution is -2.50. The summed E-state index contributed by atoms with van der Waals surface area (Å²) in [5, 5.41) is 10.5. The maximum atomic E-state index is 5.98. The van der Waals surface area contributed by atoms with Crippen LogP contribution in [0.2, 0.25) is 0 Å². The molecule has 1 unspecified atom stereocenters. The van der Waals surface area contributed by atoms with Gasteiger partial charge >= 0.3 is 0 Å². The maximum Gasteiger partial charge on any atom is 0.155 e. The van der Waals surface area contributed by atoms with Crippen LogP contribution in [0.5, 0.6) is 0 Å². The van der Waals surface area contributed by atoms with Crippen LogP contribution in [0, 0.1) is 0 Å². The molecule has 2 aliphatic rings. The fourth-order valence-corrected chi connectivity index (χ4v) is 3.51. The van der Waals surface area contributed by atoms with Crippen molar-refractivity contribution in [2.24, 2.45) is 0 Å². The van der Waals surface area contributed by atoms with Gasteiger partial charge in [0.15, 0.2) is 5.82 Å². The van der Waals surface area contributed by atoms with E-state index >= 15 is 0 Å². The first-order valence-corrected chi connectivity index (χ1v) is 8.15. The molecule has 116 valence electrons. The summed E-state index contributed by atoms with van der Waals surface area (Å²) in [6.07, 6.45) is 7.65. The summed E-state index contributed by atoms with van der Waals surface area (Å²) in [6, 6.07) is 9.08.